The van der Waals surface area contributed by atoms with Crippen molar-refractivity contribution in [1.82, 2.24) is 24.6 Å². The first kappa shape index (κ1) is 18.6. The van der Waals surface area contributed by atoms with Crippen LogP contribution in [0.1, 0.15) is 48.8 Å². The van der Waals surface area contributed by atoms with Gasteiger partial charge in [-0.15, -0.1) is 5.10 Å². The van der Waals surface area contributed by atoms with Crippen LogP contribution in [0.25, 0.3) is 17.8 Å². The maximum atomic E-state index is 12.0. The number of aromatic nitrogens is 5. The number of carbonyl (C=O) groups excluding carboxylic acids is 1. The van der Waals surface area contributed by atoms with Crippen LogP contribution in [0.3, 0.4) is 0 Å². The first-order valence-corrected chi connectivity index (χ1v) is 10.4. The minimum Gasteiger partial charge on any atom is -0.356 e. The molecule has 2 fully saturated rings. The summed E-state index contributed by atoms with van der Waals surface area (Å²) >= 11 is 0. The predicted molar refractivity (Wildman–Crippen MR) is 117 cm³/mol. The number of nitrogens with zero attached hydrogens (tertiary/aromatic N) is 5. The lowest BCUT2D eigenvalue weighted by Gasteiger charge is -2.32. The second kappa shape index (κ2) is 7.44. The molecule has 0 aromatic carbocycles. The lowest BCUT2D eigenvalue weighted by Crippen LogP contribution is -2.34. The minimum atomic E-state index is 0.0181. The van der Waals surface area contributed by atoms with Crippen LogP contribution in [-0.4, -0.2) is 43.6 Å². The topological polar surface area (TPSA) is 91.2 Å². The highest BCUT2D eigenvalue weighted by molar-refractivity contribution is 5.92. The van der Waals surface area contributed by atoms with Crippen LogP contribution in [0.15, 0.2) is 31.4 Å². The van der Waals surface area contributed by atoms with Crippen molar-refractivity contribution in [1.29, 1.82) is 0 Å². The van der Waals surface area contributed by atoms with Crippen LogP contribution >= 0.6 is 0 Å². The summed E-state index contributed by atoms with van der Waals surface area (Å²) in [6.45, 7) is 9.45. The van der Waals surface area contributed by atoms with Gasteiger partial charge in [-0.25, -0.2) is 4.98 Å². The average Bonchev–Trinajstić information content (AvgIpc) is 3.41. The van der Waals surface area contributed by atoms with Crippen molar-refractivity contribution >= 4 is 35.5 Å². The van der Waals surface area contributed by atoms with Crippen LogP contribution in [0.2, 0.25) is 0 Å². The van der Waals surface area contributed by atoms with Crippen LogP contribution < -0.4 is 10.2 Å². The summed E-state index contributed by atoms with van der Waals surface area (Å²) in [5.41, 5.74) is 2.52. The van der Waals surface area contributed by atoms with E-state index in [0.29, 0.717) is 11.9 Å². The molecule has 0 atom stereocenters. The van der Waals surface area contributed by atoms with Gasteiger partial charge in [0.25, 0.3) is 0 Å². The van der Waals surface area contributed by atoms with E-state index in [1.165, 1.54) is 0 Å². The summed E-state index contributed by atoms with van der Waals surface area (Å²) in [5.74, 6) is 2.88. The highest BCUT2D eigenvalue weighted by Gasteiger charge is 2.30. The van der Waals surface area contributed by atoms with E-state index in [9.17, 15) is 4.79 Å². The normalized spacial score (nSPS) is 17.3. The van der Waals surface area contributed by atoms with E-state index in [-0.39, 0.29) is 11.8 Å². The van der Waals surface area contributed by atoms with Gasteiger partial charge in [0.05, 0.1) is 11.4 Å². The molecule has 1 aliphatic heterocycles. The first-order chi connectivity index (χ1) is 14.7. The maximum absolute atomic E-state index is 12.0. The zero-order valence-corrected chi connectivity index (χ0v) is 16.8. The van der Waals surface area contributed by atoms with Gasteiger partial charge >= 0.3 is 0 Å². The van der Waals surface area contributed by atoms with E-state index < -0.39 is 0 Å². The molecule has 154 valence electrons. The molecule has 1 saturated heterocycles. The van der Waals surface area contributed by atoms with Crippen molar-refractivity contribution in [2.45, 2.75) is 31.6 Å². The largest absolute Gasteiger partial charge is 0.356 e. The summed E-state index contributed by atoms with van der Waals surface area (Å²) in [5, 5.41) is 7.39. The van der Waals surface area contributed by atoms with Crippen LogP contribution in [0, 0.1) is 5.92 Å². The predicted octanol–water partition coefficient (Wildman–Crippen LogP) is 3.47. The molecule has 0 unspecified atom stereocenters. The molecule has 2 aliphatic rings. The van der Waals surface area contributed by atoms with E-state index in [1.807, 2.05) is 22.7 Å². The number of hydrogen-bond donors (Lipinski definition) is 2. The summed E-state index contributed by atoms with van der Waals surface area (Å²) in [6.07, 6.45) is 7.42. The number of amides is 1. The molecular weight excluding hydrogens is 378 g/mol. The Hall–Kier alpha value is -3.42. The lowest BCUT2D eigenvalue weighted by molar-refractivity contribution is -0.117. The Labute approximate surface area is 174 Å². The minimum absolute atomic E-state index is 0.0181. The third kappa shape index (κ3) is 3.38. The number of hydrogen-bond acceptors (Lipinski definition) is 5. The first-order valence-electron chi connectivity index (χ1n) is 10.4. The molecule has 8 heteroatoms. The van der Waals surface area contributed by atoms with E-state index in [0.717, 1.165) is 67.5 Å². The Kier molecular flexibility index (Phi) is 4.61. The molecule has 30 heavy (non-hydrogen) atoms. The third-order valence-corrected chi connectivity index (χ3v) is 5.91. The standard InChI is InChI=1S/C22H25N7O/c1-3-16-17(4-2)24-20(23-16)14-10-12-28(13-11-14)19-7-5-6-18-25-22(27-29(18)19)26-21(30)15-8-9-15/h3-7,14-15H,1-2,8-13H2,(H,23,24)(H,26,27,30). The Morgan fingerprint density at radius 1 is 1.13 bits per heavy atom. The molecular formula is C22H25N7O. The number of nitrogens with one attached hydrogen (secondary N) is 2. The SMILES string of the molecule is C=Cc1nc(C2CCN(c3cccc4nc(NC(=O)C5CC5)nn34)CC2)[nH]c1C=C. The molecule has 3 aromatic rings. The Morgan fingerprint density at radius 3 is 2.60 bits per heavy atom. The summed E-state index contributed by atoms with van der Waals surface area (Å²) < 4.78 is 1.82. The number of piperidine rings is 1. The molecule has 4 heterocycles. The van der Waals surface area contributed by atoms with Gasteiger partial charge in [-0.05, 0) is 50.0 Å². The van der Waals surface area contributed by atoms with Gasteiger partial charge < -0.3 is 9.88 Å². The number of pyridine rings is 1. The van der Waals surface area contributed by atoms with E-state index >= 15 is 0 Å². The van der Waals surface area contributed by atoms with Gasteiger partial charge in [0.1, 0.15) is 11.6 Å². The second-order valence-electron chi connectivity index (χ2n) is 7.94. The zero-order valence-electron chi connectivity index (χ0n) is 16.8. The van der Waals surface area contributed by atoms with Crippen molar-refractivity contribution < 1.29 is 4.79 Å². The van der Waals surface area contributed by atoms with Crippen molar-refractivity contribution in [2.24, 2.45) is 5.92 Å². The van der Waals surface area contributed by atoms with Crippen molar-refractivity contribution in [3.63, 3.8) is 0 Å². The Balaban J connectivity index is 1.32. The number of anilines is 2. The zero-order chi connectivity index (χ0) is 20.7. The number of carbonyl (C=O) groups is 1. The molecule has 1 amide bonds. The molecule has 1 saturated carbocycles. The monoisotopic (exact) mass is 403 g/mol. The van der Waals surface area contributed by atoms with E-state index in [4.69, 9.17) is 0 Å². The summed E-state index contributed by atoms with van der Waals surface area (Å²) in [7, 11) is 0. The number of aromatic amines is 1. The fourth-order valence-electron chi connectivity index (χ4n) is 4.05. The molecule has 0 spiro atoms. The molecule has 3 aromatic heterocycles. The number of imidazole rings is 1. The molecule has 0 bridgehead atoms. The average molecular weight is 403 g/mol. The quantitative estimate of drug-likeness (QED) is 0.658. The van der Waals surface area contributed by atoms with Crippen LogP contribution in [0.5, 0.6) is 0 Å². The van der Waals surface area contributed by atoms with Gasteiger partial charge in [-0.1, -0.05) is 19.2 Å². The van der Waals surface area contributed by atoms with Crippen LogP contribution in [0.4, 0.5) is 11.8 Å². The number of rotatable bonds is 6. The molecule has 5 rings (SSSR count). The van der Waals surface area contributed by atoms with Gasteiger partial charge in [0.2, 0.25) is 11.9 Å². The Morgan fingerprint density at radius 2 is 1.93 bits per heavy atom. The highest BCUT2D eigenvalue weighted by atomic mass is 16.2. The fourth-order valence-corrected chi connectivity index (χ4v) is 4.05. The van der Waals surface area contributed by atoms with Gasteiger partial charge in [-0.2, -0.15) is 9.50 Å². The summed E-state index contributed by atoms with van der Waals surface area (Å²) in [4.78, 5) is 26.9. The Bertz CT molecular complexity index is 1090. The van der Waals surface area contributed by atoms with Gasteiger partial charge in [-0.3, -0.25) is 10.1 Å². The van der Waals surface area contributed by atoms with Crippen molar-refractivity contribution in [2.75, 3.05) is 23.3 Å². The number of H-pyrrole nitrogens is 1. The maximum Gasteiger partial charge on any atom is 0.249 e. The second-order valence-corrected chi connectivity index (χ2v) is 7.94. The molecule has 0 radical (unpaired) electrons. The van der Waals surface area contributed by atoms with E-state index in [1.54, 1.807) is 12.2 Å². The molecule has 1 aliphatic carbocycles. The smallest absolute Gasteiger partial charge is 0.249 e. The molecule has 2 N–H and O–H groups in total. The van der Waals surface area contributed by atoms with Gasteiger partial charge in [0.15, 0.2) is 5.65 Å². The molecule has 8 nitrogen and oxygen atoms in total. The number of fused-ring (bicyclic) bond motifs is 1. The van der Waals surface area contributed by atoms with Crippen LogP contribution in [-0.2, 0) is 4.79 Å². The van der Waals surface area contributed by atoms with E-state index in [2.05, 4.69) is 43.4 Å². The lowest BCUT2D eigenvalue weighted by atomic mass is 9.96. The van der Waals surface area contributed by atoms with Crippen molar-refractivity contribution in [3.05, 3.63) is 48.6 Å². The third-order valence-electron chi connectivity index (χ3n) is 5.91. The van der Waals surface area contributed by atoms with Gasteiger partial charge in [0, 0.05) is 24.9 Å². The highest BCUT2D eigenvalue weighted by Crippen LogP contribution is 2.31. The van der Waals surface area contributed by atoms with Crippen molar-refractivity contribution in [3.8, 4) is 0 Å². The summed E-state index contributed by atoms with van der Waals surface area (Å²) in [6, 6.07) is 5.94. The fraction of sp³-hybridized carbons (Fsp3) is 0.364.